The number of amides is 3. The fourth-order valence-corrected chi connectivity index (χ4v) is 4.73. The summed E-state index contributed by atoms with van der Waals surface area (Å²) in [6, 6.07) is 22.2. The van der Waals surface area contributed by atoms with Crippen molar-refractivity contribution in [1.29, 1.82) is 0 Å². The van der Waals surface area contributed by atoms with Crippen LogP contribution in [0.1, 0.15) is 41.9 Å². The Labute approximate surface area is 249 Å². The van der Waals surface area contributed by atoms with Gasteiger partial charge in [-0.05, 0) is 41.7 Å². The third-order valence-corrected chi connectivity index (χ3v) is 7.21. The van der Waals surface area contributed by atoms with Crippen LogP contribution in [0.4, 0.5) is 0 Å². The van der Waals surface area contributed by atoms with Gasteiger partial charge in [-0.2, -0.15) is 0 Å². The van der Waals surface area contributed by atoms with E-state index >= 15 is 0 Å². The average Bonchev–Trinajstić information content (AvgIpc) is 2.95. The topological polar surface area (TPSA) is 166 Å². The number of nitrogens with one attached hydrogen (secondary N) is 2. The van der Waals surface area contributed by atoms with Crippen molar-refractivity contribution in [2.75, 3.05) is 6.54 Å². The van der Waals surface area contributed by atoms with Gasteiger partial charge < -0.3 is 27.8 Å². The summed E-state index contributed by atoms with van der Waals surface area (Å²) >= 11 is 12.1. The van der Waals surface area contributed by atoms with E-state index in [2.05, 4.69) is 15.6 Å². The molecule has 216 valence electrons. The number of hydrogen-bond donors (Lipinski definition) is 5. The molecule has 0 radical (unpaired) electrons. The Kier molecular flexibility index (Phi) is 12.0. The van der Waals surface area contributed by atoms with Gasteiger partial charge in [-0.3, -0.25) is 19.4 Å². The van der Waals surface area contributed by atoms with Crippen molar-refractivity contribution in [1.82, 2.24) is 10.6 Å². The van der Waals surface area contributed by atoms with Crippen LogP contribution in [0.5, 0.6) is 0 Å². The van der Waals surface area contributed by atoms with Crippen LogP contribution < -0.4 is 27.8 Å². The van der Waals surface area contributed by atoms with Gasteiger partial charge in [0.25, 0.3) is 0 Å². The molecule has 0 heterocycles. The number of benzene rings is 3. The van der Waals surface area contributed by atoms with E-state index in [1.54, 1.807) is 18.2 Å². The molecule has 0 saturated heterocycles. The van der Waals surface area contributed by atoms with E-state index in [-0.39, 0.29) is 43.6 Å². The minimum atomic E-state index is -1.04. The summed E-state index contributed by atoms with van der Waals surface area (Å²) in [5, 5.41) is 6.21. The molecular weight excluding hydrogens is 563 g/mol. The van der Waals surface area contributed by atoms with Gasteiger partial charge in [-0.15, -0.1) is 0 Å². The van der Waals surface area contributed by atoms with Gasteiger partial charge in [0, 0.05) is 25.3 Å². The Balaban J connectivity index is 1.77. The first-order chi connectivity index (χ1) is 19.6. The highest BCUT2D eigenvalue weighted by Crippen LogP contribution is 2.28. The zero-order chi connectivity index (χ0) is 29.8. The summed E-state index contributed by atoms with van der Waals surface area (Å²) in [5.41, 5.74) is 19.0. The van der Waals surface area contributed by atoms with Crippen molar-refractivity contribution in [3.63, 3.8) is 0 Å². The second-order valence-electron chi connectivity index (χ2n) is 9.56. The summed E-state index contributed by atoms with van der Waals surface area (Å²) in [4.78, 5) is 43.0. The van der Waals surface area contributed by atoms with Crippen LogP contribution in [0.2, 0.25) is 10.0 Å². The first-order valence-electron chi connectivity index (χ1n) is 13.1. The molecule has 3 rings (SSSR count). The Morgan fingerprint density at radius 2 is 1.39 bits per heavy atom. The number of guanidine groups is 1. The van der Waals surface area contributed by atoms with Gasteiger partial charge in [0.05, 0.1) is 10.0 Å². The highest BCUT2D eigenvalue weighted by molar-refractivity contribution is 6.42. The van der Waals surface area contributed by atoms with Gasteiger partial charge in [0.1, 0.15) is 12.1 Å². The lowest BCUT2D eigenvalue weighted by Gasteiger charge is -2.24. The van der Waals surface area contributed by atoms with Crippen LogP contribution in [-0.2, 0) is 20.8 Å². The smallest absolute Gasteiger partial charge is 0.243 e. The molecule has 0 aromatic heterocycles. The van der Waals surface area contributed by atoms with Gasteiger partial charge >= 0.3 is 0 Å². The minimum absolute atomic E-state index is 0.0704. The zero-order valence-corrected chi connectivity index (χ0v) is 23.9. The molecule has 11 heteroatoms. The molecule has 3 amide bonds. The van der Waals surface area contributed by atoms with Crippen LogP contribution in [0.15, 0.2) is 83.9 Å². The second-order valence-corrected chi connectivity index (χ2v) is 10.4. The van der Waals surface area contributed by atoms with Crippen LogP contribution in [0, 0.1) is 0 Å². The lowest BCUT2D eigenvalue weighted by molar-refractivity contribution is -0.131. The van der Waals surface area contributed by atoms with Crippen LogP contribution in [0.25, 0.3) is 0 Å². The maximum atomic E-state index is 13.4. The molecule has 0 aliphatic heterocycles. The van der Waals surface area contributed by atoms with Crippen molar-refractivity contribution < 1.29 is 14.4 Å². The number of carbonyl (C=O) groups excluding carboxylic acids is 3. The minimum Gasteiger partial charge on any atom is -0.370 e. The first-order valence-corrected chi connectivity index (χ1v) is 13.9. The standard InChI is InChI=1S/C30H34Cl2N6O3/c31-23-14-13-19(16-24(23)32)17-26(28(33)40)38-29(41)25(12-7-15-36-30(34)35)37-27(39)18-22(20-8-3-1-4-9-20)21-10-5-2-6-11-21/h1-6,8-11,13-14,16,22,25-26H,7,12,15,17-18H2,(H2,33,40)(H,37,39)(H,38,41)(H4,34,35,36)/t25-,26+/m1/s1. The normalized spacial score (nSPS) is 12.3. The summed E-state index contributed by atoms with van der Waals surface area (Å²) in [5.74, 6) is -1.91. The van der Waals surface area contributed by atoms with Crippen molar-refractivity contribution >= 4 is 46.9 Å². The number of aliphatic imine (C=N–C) groups is 1. The van der Waals surface area contributed by atoms with Crippen molar-refractivity contribution in [2.45, 2.75) is 43.7 Å². The Bertz CT molecular complexity index is 1310. The molecule has 0 spiro atoms. The third kappa shape index (κ3) is 10.1. The van der Waals surface area contributed by atoms with E-state index in [1.165, 1.54) is 0 Å². The molecule has 0 fully saturated rings. The Morgan fingerprint density at radius 3 is 1.93 bits per heavy atom. The Hall–Kier alpha value is -4.08. The van der Waals surface area contributed by atoms with E-state index in [0.29, 0.717) is 22.0 Å². The van der Waals surface area contributed by atoms with Gasteiger partial charge in [0.15, 0.2) is 5.96 Å². The molecule has 9 nitrogen and oxygen atoms in total. The largest absolute Gasteiger partial charge is 0.370 e. The van der Waals surface area contributed by atoms with Crippen LogP contribution >= 0.6 is 23.2 Å². The van der Waals surface area contributed by atoms with Crippen LogP contribution in [0.3, 0.4) is 0 Å². The lowest BCUT2D eigenvalue weighted by atomic mass is 9.88. The molecule has 8 N–H and O–H groups in total. The quantitative estimate of drug-likeness (QED) is 0.109. The maximum Gasteiger partial charge on any atom is 0.243 e. The first kappa shape index (κ1) is 31.4. The van der Waals surface area contributed by atoms with Gasteiger partial charge in [-0.25, -0.2) is 0 Å². The molecule has 3 aromatic rings. The molecular formula is C30H34Cl2N6O3. The summed E-state index contributed by atoms with van der Waals surface area (Å²) in [6.45, 7) is 0.265. The Morgan fingerprint density at radius 1 is 0.780 bits per heavy atom. The molecule has 0 aliphatic rings. The predicted octanol–water partition coefficient (Wildman–Crippen LogP) is 3.27. The number of nitrogens with two attached hydrogens (primary N) is 3. The molecule has 0 saturated carbocycles. The van der Waals surface area contributed by atoms with Crippen molar-refractivity contribution in [3.8, 4) is 0 Å². The molecule has 41 heavy (non-hydrogen) atoms. The second kappa shape index (κ2) is 15.6. The fourth-order valence-electron chi connectivity index (χ4n) is 4.41. The number of primary amides is 1. The van der Waals surface area contributed by atoms with E-state index in [4.69, 9.17) is 40.4 Å². The zero-order valence-electron chi connectivity index (χ0n) is 22.4. The van der Waals surface area contributed by atoms with Gasteiger partial charge in [-0.1, -0.05) is 89.9 Å². The SMILES string of the molecule is NC(=O)[C@H](Cc1ccc(Cl)c(Cl)c1)NC(=O)[C@@H](CCCN=C(N)N)NC(=O)CC(c1ccccc1)c1ccccc1. The van der Waals surface area contributed by atoms with Crippen LogP contribution in [-0.4, -0.2) is 42.3 Å². The van der Waals surface area contributed by atoms with E-state index < -0.39 is 23.9 Å². The molecule has 0 bridgehead atoms. The average molecular weight is 598 g/mol. The number of rotatable bonds is 14. The maximum absolute atomic E-state index is 13.4. The number of nitrogens with zero attached hydrogens (tertiary/aromatic N) is 1. The molecule has 3 aromatic carbocycles. The molecule has 0 unspecified atom stereocenters. The van der Waals surface area contributed by atoms with Crippen molar-refractivity contribution in [2.24, 2.45) is 22.2 Å². The van der Waals surface area contributed by atoms with E-state index in [1.807, 2.05) is 60.7 Å². The van der Waals surface area contributed by atoms with Gasteiger partial charge in [0.2, 0.25) is 17.7 Å². The summed E-state index contributed by atoms with van der Waals surface area (Å²) in [6.07, 6.45) is 0.837. The number of carbonyl (C=O) groups is 3. The highest BCUT2D eigenvalue weighted by Gasteiger charge is 2.27. The monoisotopic (exact) mass is 596 g/mol. The molecule has 0 aliphatic carbocycles. The third-order valence-electron chi connectivity index (χ3n) is 6.47. The number of halogens is 2. The lowest BCUT2D eigenvalue weighted by Crippen LogP contribution is -2.53. The summed E-state index contributed by atoms with van der Waals surface area (Å²) < 4.78 is 0. The highest BCUT2D eigenvalue weighted by atomic mass is 35.5. The fraction of sp³-hybridized carbons (Fsp3) is 0.267. The van der Waals surface area contributed by atoms with E-state index in [9.17, 15) is 14.4 Å². The predicted molar refractivity (Wildman–Crippen MR) is 162 cm³/mol. The number of hydrogen-bond acceptors (Lipinski definition) is 4. The summed E-state index contributed by atoms with van der Waals surface area (Å²) in [7, 11) is 0. The van der Waals surface area contributed by atoms with E-state index in [0.717, 1.165) is 11.1 Å². The van der Waals surface area contributed by atoms with Crippen molar-refractivity contribution in [3.05, 3.63) is 106 Å². The molecule has 2 atom stereocenters.